The van der Waals surface area contributed by atoms with E-state index in [1.54, 1.807) is 11.5 Å². The first-order chi connectivity index (χ1) is 19.1. The molecule has 1 amide bonds. The van der Waals surface area contributed by atoms with Crippen LogP contribution in [-0.2, 0) is 22.2 Å². The van der Waals surface area contributed by atoms with Gasteiger partial charge in [0.05, 0.1) is 31.6 Å². The van der Waals surface area contributed by atoms with E-state index < -0.39 is 31.0 Å². The minimum atomic E-state index is -4.74. The molecule has 16 heteroatoms. The van der Waals surface area contributed by atoms with Crippen LogP contribution < -0.4 is 10.6 Å². The van der Waals surface area contributed by atoms with Crippen molar-refractivity contribution in [3.63, 3.8) is 0 Å². The number of anilines is 1. The minimum Gasteiger partial charge on any atom is -0.453 e. The van der Waals surface area contributed by atoms with Gasteiger partial charge in [0.1, 0.15) is 12.0 Å². The van der Waals surface area contributed by atoms with E-state index in [1.807, 2.05) is 17.1 Å². The Hall–Kier alpha value is -3.18. The number of fused-ring (bicyclic) bond motifs is 1. The molecule has 12 nitrogen and oxygen atoms in total. The highest BCUT2D eigenvalue weighted by Gasteiger charge is 2.38. The summed E-state index contributed by atoms with van der Waals surface area (Å²) >= 11 is 0. The van der Waals surface area contributed by atoms with Crippen molar-refractivity contribution in [2.45, 2.75) is 25.7 Å². The molecule has 216 valence electrons. The van der Waals surface area contributed by atoms with Crippen molar-refractivity contribution >= 4 is 24.8 Å². The number of hydrogen-bond acceptors (Lipinski definition) is 10. The van der Waals surface area contributed by atoms with Crippen LogP contribution in [0.3, 0.4) is 0 Å². The van der Waals surface area contributed by atoms with Crippen LogP contribution in [0.4, 0.5) is 23.8 Å². The van der Waals surface area contributed by atoms with Gasteiger partial charge in [-0.25, -0.2) is 14.5 Å². The first kappa shape index (κ1) is 28.4. The van der Waals surface area contributed by atoms with Gasteiger partial charge >= 0.3 is 19.3 Å². The molecule has 0 bridgehead atoms. The number of aromatic nitrogens is 2. The van der Waals surface area contributed by atoms with Crippen molar-refractivity contribution in [3.05, 3.63) is 46.9 Å². The maximum atomic E-state index is 14.2. The number of nitrogens with one attached hydrogen (secondary N) is 2. The van der Waals surface area contributed by atoms with E-state index in [0.29, 0.717) is 32.8 Å². The maximum Gasteiger partial charge on any atom is 0.417 e. The van der Waals surface area contributed by atoms with Crippen molar-refractivity contribution in [1.29, 1.82) is 0 Å². The second kappa shape index (κ2) is 11.7. The van der Waals surface area contributed by atoms with Crippen molar-refractivity contribution < 1.29 is 32.5 Å². The van der Waals surface area contributed by atoms with Gasteiger partial charge in [0.15, 0.2) is 5.84 Å². The van der Waals surface area contributed by atoms with Gasteiger partial charge in [-0.3, -0.25) is 15.1 Å². The Labute approximate surface area is 229 Å². The van der Waals surface area contributed by atoms with Crippen molar-refractivity contribution in [3.8, 4) is 0 Å². The fourth-order valence-electron chi connectivity index (χ4n) is 5.14. The molecule has 1 unspecified atom stereocenters. The third kappa shape index (κ3) is 6.25. The molecule has 1 atom stereocenters. The third-order valence-corrected chi connectivity index (χ3v) is 7.28. The fourth-order valence-corrected chi connectivity index (χ4v) is 5.14. The summed E-state index contributed by atoms with van der Waals surface area (Å²) in [6, 6.07) is 2.80. The third-order valence-electron chi connectivity index (χ3n) is 7.28. The Morgan fingerprint density at radius 2 is 1.95 bits per heavy atom. The Bertz CT molecular complexity index is 1240. The molecule has 0 saturated carbocycles. The van der Waals surface area contributed by atoms with Crippen LogP contribution in [0.25, 0.3) is 0 Å². The van der Waals surface area contributed by atoms with Crippen LogP contribution in [0, 0.1) is 0 Å². The number of rotatable bonds is 6. The normalized spacial score (nSPS) is 20.9. The predicted octanol–water partition coefficient (Wildman–Crippen LogP) is 1.45. The average molecular weight is 564 g/mol. The second-order valence-electron chi connectivity index (χ2n) is 9.94. The summed E-state index contributed by atoms with van der Waals surface area (Å²) in [5, 5.41) is 19.8. The molecule has 3 aliphatic rings. The van der Waals surface area contributed by atoms with Gasteiger partial charge in [0.2, 0.25) is 0 Å². The number of amides is 1. The fraction of sp³-hybridized carbons (Fsp3) is 0.542. The lowest BCUT2D eigenvalue weighted by Gasteiger charge is -2.37. The standard InChI is InChI=1S/C24H32BF3N8O4/c1-25(38)35-5-3-33(4-6-35)14-16-11-19-22(34-7-9-40-10-8-34)31-21(32-36(19)15-16)17-13-29-20(30-23(37)39-2)12-18(17)24(26,27)28/h11-13,15,22,38H,3-10,14H2,1-2H3,(H,31,32)(H,29,30,37). The molecule has 3 N–H and O–H groups in total. The Morgan fingerprint density at radius 3 is 2.60 bits per heavy atom. The molecule has 0 radical (unpaired) electrons. The van der Waals surface area contributed by atoms with Crippen LogP contribution in [0.1, 0.15) is 28.6 Å². The van der Waals surface area contributed by atoms with Gasteiger partial charge in [0.25, 0.3) is 0 Å². The van der Waals surface area contributed by atoms with E-state index in [9.17, 15) is 23.0 Å². The monoisotopic (exact) mass is 564 g/mol. The highest BCUT2D eigenvalue weighted by Crippen LogP contribution is 2.35. The Morgan fingerprint density at radius 1 is 1.23 bits per heavy atom. The zero-order valence-electron chi connectivity index (χ0n) is 22.3. The number of carbonyl (C=O) groups is 1. The van der Waals surface area contributed by atoms with Gasteiger partial charge in [-0.15, -0.1) is 5.10 Å². The molecule has 2 saturated heterocycles. The van der Waals surface area contributed by atoms with Crippen LogP contribution in [0.15, 0.2) is 29.6 Å². The van der Waals surface area contributed by atoms with E-state index in [1.165, 1.54) is 0 Å². The molecular formula is C24H32BF3N8O4. The largest absolute Gasteiger partial charge is 0.453 e. The van der Waals surface area contributed by atoms with E-state index in [4.69, 9.17) is 4.74 Å². The zero-order valence-corrected chi connectivity index (χ0v) is 22.3. The number of pyridine rings is 1. The van der Waals surface area contributed by atoms with Crippen molar-refractivity contribution in [1.82, 2.24) is 29.6 Å². The lowest BCUT2D eigenvalue weighted by Crippen LogP contribution is -2.51. The quantitative estimate of drug-likeness (QED) is 0.448. The number of methoxy groups -OCH3 is 1. The highest BCUT2D eigenvalue weighted by molar-refractivity contribution is 6.45. The van der Waals surface area contributed by atoms with Gasteiger partial charge in [-0.05, 0) is 24.5 Å². The number of alkyl halides is 3. The van der Waals surface area contributed by atoms with Crippen LogP contribution in [0.2, 0.25) is 6.82 Å². The lowest BCUT2D eigenvalue weighted by molar-refractivity contribution is -0.137. The molecule has 0 aromatic carbocycles. The predicted molar refractivity (Wildman–Crippen MR) is 141 cm³/mol. The zero-order chi connectivity index (χ0) is 28.4. The highest BCUT2D eigenvalue weighted by atomic mass is 19.4. The van der Waals surface area contributed by atoms with Crippen LogP contribution in [0.5, 0.6) is 0 Å². The smallest absolute Gasteiger partial charge is 0.417 e. The SMILES string of the molecule is COC(=O)Nc1cc(C(F)(F)F)c(C2=Nn3cc(CN4CCN(B(C)O)CC4)cc3C(N3CCOCC3)N2)cn1. The molecule has 3 aliphatic heterocycles. The topological polar surface area (TPSA) is 120 Å². The molecule has 0 spiro atoms. The molecule has 5 heterocycles. The Kier molecular flexibility index (Phi) is 8.33. The lowest BCUT2D eigenvalue weighted by atomic mass is 9.84. The molecule has 40 heavy (non-hydrogen) atoms. The van der Waals surface area contributed by atoms with E-state index in [-0.39, 0.29) is 17.2 Å². The summed E-state index contributed by atoms with van der Waals surface area (Å²) in [5.41, 5.74) is 0.565. The van der Waals surface area contributed by atoms with E-state index in [2.05, 4.69) is 35.3 Å². The maximum absolute atomic E-state index is 14.2. The van der Waals surface area contributed by atoms with Gasteiger partial charge in [0, 0.05) is 63.8 Å². The summed E-state index contributed by atoms with van der Waals surface area (Å²) in [7, 11) is 0.623. The number of morpholine rings is 1. The Balaban J connectivity index is 1.46. The van der Waals surface area contributed by atoms with E-state index >= 15 is 0 Å². The first-order valence-electron chi connectivity index (χ1n) is 13.1. The number of hydrogen-bond donors (Lipinski definition) is 3. The number of amidine groups is 1. The minimum absolute atomic E-state index is 0.0149. The number of halogens is 3. The first-order valence-corrected chi connectivity index (χ1v) is 13.1. The average Bonchev–Trinajstić information content (AvgIpc) is 3.35. The molecule has 0 aliphatic carbocycles. The summed E-state index contributed by atoms with van der Waals surface area (Å²) < 4.78 is 54.1. The van der Waals surface area contributed by atoms with E-state index in [0.717, 1.165) is 56.8 Å². The summed E-state index contributed by atoms with van der Waals surface area (Å²) in [4.78, 5) is 22.0. The molecule has 2 aromatic heterocycles. The molecular weight excluding hydrogens is 532 g/mol. The number of nitrogens with zero attached hydrogens (tertiary/aromatic N) is 6. The van der Waals surface area contributed by atoms with Gasteiger partial charge in [-0.1, -0.05) is 0 Å². The summed E-state index contributed by atoms with van der Waals surface area (Å²) in [6.45, 7) is 7.70. The summed E-state index contributed by atoms with van der Waals surface area (Å²) in [5.74, 6) is -0.273. The van der Waals surface area contributed by atoms with Crippen LogP contribution in [-0.4, -0.2) is 108 Å². The van der Waals surface area contributed by atoms with Crippen molar-refractivity contribution in [2.24, 2.45) is 5.10 Å². The number of carbonyl (C=O) groups excluding carboxylic acids is 1. The van der Waals surface area contributed by atoms with Gasteiger partial charge < -0.3 is 24.6 Å². The second-order valence-corrected chi connectivity index (χ2v) is 9.94. The molecule has 2 aromatic rings. The van der Waals surface area contributed by atoms with Crippen LogP contribution >= 0.6 is 0 Å². The number of piperazine rings is 1. The van der Waals surface area contributed by atoms with Crippen molar-refractivity contribution in [2.75, 3.05) is 64.9 Å². The molecule has 2 fully saturated rings. The van der Waals surface area contributed by atoms with Gasteiger partial charge in [-0.2, -0.15) is 13.2 Å². The number of ether oxygens (including phenoxy) is 2. The molecule has 5 rings (SSSR count). The summed E-state index contributed by atoms with van der Waals surface area (Å²) in [6.07, 6.45) is -3.21.